The van der Waals surface area contributed by atoms with Crippen LogP contribution in [0.25, 0.3) is 11.1 Å². The summed E-state index contributed by atoms with van der Waals surface area (Å²) in [6.45, 7) is 4.16. The quantitative estimate of drug-likeness (QED) is 0.722. The van der Waals surface area contributed by atoms with Gasteiger partial charge in [-0.15, -0.1) is 0 Å². The van der Waals surface area contributed by atoms with Gasteiger partial charge in [0.05, 0.1) is 13.3 Å². The fourth-order valence-electron chi connectivity index (χ4n) is 2.63. The molecule has 0 saturated heterocycles. The van der Waals surface area contributed by atoms with Crippen LogP contribution in [0.5, 0.6) is 17.2 Å². The second kappa shape index (κ2) is 7.26. The Bertz CT molecular complexity index is 913. The third kappa shape index (κ3) is 3.51. The highest BCUT2D eigenvalue weighted by Gasteiger charge is 2.17. The molecular formula is C19H21N5O2. The molecule has 0 bridgehead atoms. The van der Waals surface area contributed by atoms with Crippen LogP contribution in [0.15, 0.2) is 42.9 Å². The predicted molar refractivity (Wildman–Crippen MR) is 101 cm³/mol. The number of nitrogens with two attached hydrogens (primary N) is 2. The van der Waals surface area contributed by atoms with Gasteiger partial charge in [-0.2, -0.15) is 4.98 Å². The van der Waals surface area contributed by atoms with Gasteiger partial charge < -0.3 is 20.9 Å². The topological polar surface area (TPSA) is 109 Å². The Labute approximate surface area is 152 Å². The fraction of sp³-hybridized carbons (Fsp3) is 0.211. The van der Waals surface area contributed by atoms with Gasteiger partial charge in [0.1, 0.15) is 11.5 Å². The van der Waals surface area contributed by atoms with Crippen molar-refractivity contribution in [2.24, 2.45) is 0 Å². The van der Waals surface area contributed by atoms with Crippen molar-refractivity contribution in [2.45, 2.75) is 19.8 Å². The van der Waals surface area contributed by atoms with Crippen molar-refractivity contribution in [3.05, 3.63) is 48.4 Å². The minimum absolute atomic E-state index is 0.102. The molecule has 0 fully saturated rings. The Balaban J connectivity index is 2.13. The third-order valence-electron chi connectivity index (χ3n) is 3.95. The molecule has 0 aliphatic carbocycles. The van der Waals surface area contributed by atoms with Crippen LogP contribution in [0.3, 0.4) is 0 Å². The number of nitrogen functional groups attached to an aromatic ring is 2. The monoisotopic (exact) mass is 351 g/mol. The Morgan fingerprint density at radius 1 is 1.04 bits per heavy atom. The summed E-state index contributed by atoms with van der Waals surface area (Å²) in [6.07, 6.45) is 4.97. The molecule has 134 valence electrons. The van der Waals surface area contributed by atoms with Gasteiger partial charge in [-0.1, -0.05) is 19.9 Å². The molecule has 0 amide bonds. The number of methoxy groups -OCH3 is 1. The van der Waals surface area contributed by atoms with E-state index >= 15 is 0 Å². The number of benzene rings is 1. The van der Waals surface area contributed by atoms with Crippen molar-refractivity contribution in [1.82, 2.24) is 15.0 Å². The Morgan fingerprint density at radius 3 is 2.46 bits per heavy atom. The van der Waals surface area contributed by atoms with E-state index in [2.05, 4.69) is 28.8 Å². The van der Waals surface area contributed by atoms with Crippen LogP contribution in [0.4, 0.5) is 11.8 Å². The van der Waals surface area contributed by atoms with Gasteiger partial charge in [0, 0.05) is 29.1 Å². The number of nitrogens with zero attached hydrogens (tertiary/aromatic N) is 3. The Kier molecular flexibility index (Phi) is 4.88. The average Bonchev–Trinajstić information content (AvgIpc) is 2.64. The van der Waals surface area contributed by atoms with E-state index in [9.17, 15) is 0 Å². The summed E-state index contributed by atoms with van der Waals surface area (Å²) in [6, 6.07) is 7.72. The standard InChI is InChI=1S/C19H21N5O2/c1-11(2)13-7-15(25-3)14(12-5-4-6-22-9-12)8-16(13)26-17-10-23-19(21)24-18(17)20/h4-11H,1-3H3,(H4,20,21,23,24). The van der Waals surface area contributed by atoms with E-state index in [4.69, 9.17) is 20.9 Å². The summed E-state index contributed by atoms with van der Waals surface area (Å²) in [5, 5.41) is 0. The second-order valence-electron chi connectivity index (χ2n) is 6.07. The highest BCUT2D eigenvalue weighted by atomic mass is 16.5. The van der Waals surface area contributed by atoms with Crippen LogP contribution in [-0.2, 0) is 0 Å². The molecule has 1 aromatic carbocycles. The van der Waals surface area contributed by atoms with Gasteiger partial charge in [0.15, 0.2) is 11.6 Å². The molecule has 0 aliphatic rings. The summed E-state index contributed by atoms with van der Waals surface area (Å²) in [7, 11) is 1.64. The first kappa shape index (κ1) is 17.5. The zero-order valence-electron chi connectivity index (χ0n) is 14.9. The van der Waals surface area contributed by atoms with Crippen molar-refractivity contribution in [2.75, 3.05) is 18.6 Å². The maximum Gasteiger partial charge on any atom is 0.222 e. The second-order valence-corrected chi connectivity index (χ2v) is 6.07. The molecule has 0 saturated carbocycles. The van der Waals surface area contributed by atoms with Crippen molar-refractivity contribution in [3.63, 3.8) is 0 Å². The van der Waals surface area contributed by atoms with Gasteiger partial charge in [-0.3, -0.25) is 4.98 Å². The number of aromatic nitrogens is 3. The van der Waals surface area contributed by atoms with E-state index in [1.807, 2.05) is 24.3 Å². The molecule has 7 heteroatoms. The molecule has 7 nitrogen and oxygen atoms in total. The van der Waals surface area contributed by atoms with E-state index < -0.39 is 0 Å². The number of hydrogen-bond donors (Lipinski definition) is 2. The van der Waals surface area contributed by atoms with Crippen LogP contribution in [0, 0.1) is 0 Å². The normalized spacial score (nSPS) is 10.8. The van der Waals surface area contributed by atoms with Gasteiger partial charge in [0.25, 0.3) is 0 Å². The van der Waals surface area contributed by atoms with Crippen LogP contribution < -0.4 is 20.9 Å². The molecule has 2 aromatic heterocycles. The average molecular weight is 351 g/mol. The summed E-state index contributed by atoms with van der Waals surface area (Å²) in [5.74, 6) is 2.24. The molecule has 0 unspecified atom stereocenters. The Morgan fingerprint density at radius 2 is 1.85 bits per heavy atom. The zero-order valence-corrected chi connectivity index (χ0v) is 14.9. The molecule has 0 atom stereocenters. The molecule has 26 heavy (non-hydrogen) atoms. The van der Waals surface area contributed by atoms with E-state index in [0.717, 1.165) is 22.4 Å². The number of rotatable bonds is 5. The minimum Gasteiger partial charge on any atom is -0.496 e. The minimum atomic E-state index is 0.102. The van der Waals surface area contributed by atoms with Crippen LogP contribution in [0.2, 0.25) is 0 Å². The van der Waals surface area contributed by atoms with Crippen LogP contribution in [-0.4, -0.2) is 22.1 Å². The summed E-state index contributed by atoms with van der Waals surface area (Å²) in [5.41, 5.74) is 14.2. The lowest BCUT2D eigenvalue weighted by molar-refractivity contribution is 0.412. The molecule has 0 aliphatic heterocycles. The van der Waals surface area contributed by atoms with E-state index in [-0.39, 0.29) is 17.7 Å². The number of ether oxygens (including phenoxy) is 2. The van der Waals surface area contributed by atoms with Gasteiger partial charge in [0.2, 0.25) is 5.95 Å². The molecule has 0 spiro atoms. The van der Waals surface area contributed by atoms with Gasteiger partial charge in [-0.25, -0.2) is 4.98 Å². The van der Waals surface area contributed by atoms with Crippen LogP contribution in [0.1, 0.15) is 25.3 Å². The number of pyridine rings is 1. The predicted octanol–water partition coefficient (Wildman–Crippen LogP) is 3.63. The maximum absolute atomic E-state index is 6.04. The van der Waals surface area contributed by atoms with Gasteiger partial charge in [-0.05, 0) is 24.1 Å². The Hall–Kier alpha value is -3.35. The third-order valence-corrected chi connectivity index (χ3v) is 3.95. The molecule has 3 rings (SSSR count). The van der Waals surface area contributed by atoms with E-state index in [1.54, 1.807) is 19.5 Å². The summed E-state index contributed by atoms with van der Waals surface area (Å²) in [4.78, 5) is 12.1. The fourth-order valence-corrected chi connectivity index (χ4v) is 2.63. The molecule has 4 N–H and O–H groups in total. The van der Waals surface area contributed by atoms with Gasteiger partial charge >= 0.3 is 0 Å². The number of anilines is 2. The summed E-state index contributed by atoms with van der Waals surface area (Å²) < 4.78 is 11.6. The smallest absolute Gasteiger partial charge is 0.222 e. The maximum atomic E-state index is 6.04. The zero-order chi connectivity index (χ0) is 18.7. The molecule has 2 heterocycles. The molecule has 3 aromatic rings. The van der Waals surface area contributed by atoms with Crippen molar-refractivity contribution in [1.29, 1.82) is 0 Å². The van der Waals surface area contributed by atoms with Crippen molar-refractivity contribution >= 4 is 11.8 Å². The van der Waals surface area contributed by atoms with E-state index in [0.29, 0.717) is 11.5 Å². The SMILES string of the molecule is COc1cc(C(C)C)c(Oc2cnc(N)nc2N)cc1-c1cccnc1. The lowest BCUT2D eigenvalue weighted by Gasteiger charge is -2.18. The van der Waals surface area contributed by atoms with Crippen molar-refractivity contribution < 1.29 is 9.47 Å². The highest BCUT2D eigenvalue weighted by molar-refractivity contribution is 5.73. The van der Waals surface area contributed by atoms with E-state index in [1.165, 1.54) is 6.20 Å². The molecular weight excluding hydrogens is 330 g/mol. The van der Waals surface area contributed by atoms with Crippen molar-refractivity contribution in [3.8, 4) is 28.4 Å². The highest BCUT2D eigenvalue weighted by Crippen LogP contribution is 2.41. The number of hydrogen-bond acceptors (Lipinski definition) is 7. The lowest BCUT2D eigenvalue weighted by atomic mass is 9.97. The largest absolute Gasteiger partial charge is 0.496 e. The first-order valence-electron chi connectivity index (χ1n) is 8.17. The first-order chi connectivity index (χ1) is 12.5. The van der Waals surface area contributed by atoms with Crippen LogP contribution >= 0.6 is 0 Å². The first-order valence-corrected chi connectivity index (χ1v) is 8.17. The molecule has 0 radical (unpaired) electrons. The summed E-state index contributed by atoms with van der Waals surface area (Å²) >= 11 is 0. The lowest BCUT2D eigenvalue weighted by Crippen LogP contribution is -2.03.